The molecular weight excluding hydrogens is 320 g/mol. The summed E-state index contributed by atoms with van der Waals surface area (Å²) in [4.78, 5) is 25.7. The summed E-state index contributed by atoms with van der Waals surface area (Å²) in [6, 6.07) is 0.188. The Morgan fingerprint density at radius 1 is 1.35 bits per heavy atom. The molecule has 1 aliphatic heterocycles. The van der Waals surface area contributed by atoms with Crippen LogP contribution in [0.4, 0.5) is 11.6 Å². The highest BCUT2D eigenvalue weighted by atomic mass is 35.5. The van der Waals surface area contributed by atoms with Crippen LogP contribution < -0.4 is 22.5 Å². The molecule has 1 saturated heterocycles. The third-order valence-electron chi connectivity index (χ3n) is 3.72. The number of halogens is 1. The van der Waals surface area contributed by atoms with Gasteiger partial charge in [-0.2, -0.15) is 4.99 Å². The molecule has 23 heavy (non-hydrogen) atoms. The first-order chi connectivity index (χ1) is 10.9. The Bertz CT molecular complexity index is 612. The highest BCUT2D eigenvalue weighted by Crippen LogP contribution is 2.18. The number of anilines is 2. The summed E-state index contributed by atoms with van der Waals surface area (Å²) in [6.45, 7) is 5.14. The van der Waals surface area contributed by atoms with Gasteiger partial charge in [0.15, 0.2) is 28.4 Å². The lowest BCUT2D eigenvalue weighted by atomic mass is 10.1. The number of rotatable bonds is 3. The molecule has 1 aromatic rings. The molecule has 0 saturated carbocycles. The van der Waals surface area contributed by atoms with Crippen molar-refractivity contribution >= 4 is 35.1 Å². The summed E-state index contributed by atoms with van der Waals surface area (Å²) < 4.78 is 0. The van der Waals surface area contributed by atoms with Crippen LogP contribution in [-0.4, -0.2) is 52.4 Å². The molecule has 0 aliphatic carbocycles. The first kappa shape index (κ1) is 17.2. The molecule has 0 unspecified atom stereocenters. The second-order valence-electron chi connectivity index (χ2n) is 5.29. The van der Waals surface area contributed by atoms with Gasteiger partial charge >= 0.3 is 5.91 Å². The number of nitrogens with zero attached hydrogens (tertiary/aromatic N) is 4. The van der Waals surface area contributed by atoms with Crippen molar-refractivity contribution in [2.45, 2.75) is 25.8 Å². The summed E-state index contributed by atoms with van der Waals surface area (Å²) >= 11 is 5.74. The number of likely N-dealkylation sites (tertiary alicyclic amines) is 1. The predicted molar refractivity (Wildman–Crippen MR) is 90.1 cm³/mol. The fourth-order valence-electron chi connectivity index (χ4n) is 2.40. The van der Waals surface area contributed by atoms with E-state index in [1.54, 1.807) is 0 Å². The Morgan fingerprint density at radius 2 is 2.00 bits per heavy atom. The number of carbonyl (C=O) groups excluding carboxylic acids is 1. The number of aromatic nitrogens is 2. The normalized spacial score (nSPS) is 17.2. The number of aliphatic imine (C=N–C) groups is 1. The molecule has 0 aromatic carbocycles. The van der Waals surface area contributed by atoms with Crippen molar-refractivity contribution in [3.63, 3.8) is 0 Å². The molecule has 1 fully saturated rings. The van der Waals surface area contributed by atoms with Gasteiger partial charge in [-0.1, -0.05) is 18.5 Å². The summed E-state index contributed by atoms with van der Waals surface area (Å²) in [5.74, 6) is -0.866. The summed E-state index contributed by atoms with van der Waals surface area (Å²) in [5, 5.41) is 2.94. The fourth-order valence-corrected chi connectivity index (χ4v) is 2.52. The molecule has 126 valence electrons. The van der Waals surface area contributed by atoms with Crippen LogP contribution in [0.5, 0.6) is 0 Å². The number of nitrogens with one attached hydrogen (secondary N) is 1. The maximum absolute atomic E-state index is 12.1. The molecule has 2 rings (SSSR count). The van der Waals surface area contributed by atoms with Gasteiger partial charge in [-0.3, -0.25) is 4.79 Å². The molecule has 0 radical (unpaired) electrons. The van der Waals surface area contributed by atoms with E-state index in [2.05, 4.69) is 32.1 Å². The van der Waals surface area contributed by atoms with Crippen LogP contribution in [0.25, 0.3) is 0 Å². The standard InChI is InChI=1S/C13H21ClN8O/c1-2-22-5-3-7(4-6-22)18-13(17)21-12(23)8-10(15)20-11(16)9(14)19-8/h7H,2-6H2,1H3,(H4,15,16,20)(H3,17,18,21,23). The van der Waals surface area contributed by atoms with E-state index in [0.29, 0.717) is 0 Å². The van der Waals surface area contributed by atoms with Crippen molar-refractivity contribution in [2.75, 3.05) is 31.1 Å². The Morgan fingerprint density at radius 3 is 2.61 bits per heavy atom. The highest BCUT2D eigenvalue weighted by molar-refractivity contribution is 6.31. The topological polar surface area (TPSA) is 149 Å². The maximum atomic E-state index is 12.1. The minimum atomic E-state index is -0.715. The van der Waals surface area contributed by atoms with Gasteiger partial charge in [0.1, 0.15) is 0 Å². The summed E-state index contributed by atoms with van der Waals surface area (Å²) in [7, 11) is 0. The number of amides is 1. The quantitative estimate of drug-likeness (QED) is 0.437. The van der Waals surface area contributed by atoms with Gasteiger partial charge in [-0.25, -0.2) is 9.97 Å². The third-order valence-corrected chi connectivity index (χ3v) is 3.99. The monoisotopic (exact) mass is 340 g/mol. The van der Waals surface area contributed by atoms with Crippen molar-refractivity contribution in [1.29, 1.82) is 0 Å². The number of carbonyl (C=O) groups is 1. The van der Waals surface area contributed by atoms with Crippen LogP contribution in [0, 0.1) is 0 Å². The maximum Gasteiger partial charge on any atom is 0.302 e. The van der Waals surface area contributed by atoms with Crippen LogP contribution in [0.1, 0.15) is 30.3 Å². The van der Waals surface area contributed by atoms with Gasteiger partial charge in [0.05, 0.1) is 0 Å². The van der Waals surface area contributed by atoms with Gasteiger partial charge in [0.2, 0.25) is 0 Å². The Labute approximate surface area is 139 Å². The molecule has 7 N–H and O–H groups in total. The molecule has 9 nitrogen and oxygen atoms in total. The number of hydrogen-bond acceptors (Lipinski definition) is 6. The molecule has 0 spiro atoms. The average molecular weight is 341 g/mol. The average Bonchev–Trinajstić information content (AvgIpc) is 2.51. The third kappa shape index (κ3) is 4.42. The zero-order valence-electron chi connectivity index (χ0n) is 12.9. The van der Waals surface area contributed by atoms with Crippen LogP contribution in [-0.2, 0) is 0 Å². The summed E-state index contributed by atoms with van der Waals surface area (Å²) in [5.41, 5.74) is 16.7. The minimum absolute atomic E-state index is 0.0269. The Hall–Kier alpha value is -2.13. The van der Waals surface area contributed by atoms with E-state index in [-0.39, 0.29) is 34.5 Å². The lowest BCUT2D eigenvalue weighted by Gasteiger charge is -2.31. The van der Waals surface area contributed by atoms with Gasteiger partial charge in [-0.05, 0) is 19.4 Å². The van der Waals surface area contributed by atoms with E-state index in [4.69, 9.17) is 28.8 Å². The zero-order valence-corrected chi connectivity index (χ0v) is 13.7. The largest absolute Gasteiger partial charge is 0.382 e. The SMILES string of the molecule is CCN1CCC(N/C(N)=N/C(=O)c2nc(Cl)c(N)nc2N)CC1. The van der Waals surface area contributed by atoms with Crippen LogP contribution in [0.3, 0.4) is 0 Å². The fraction of sp³-hybridized carbons (Fsp3) is 0.538. The van der Waals surface area contributed by atoms with Crippen LogP contribution in [0.2, 0.25) is 5.15 Å². The lowest BCUT2D eigenvalue weighted by molar-refractivity contribution is 0.0998. The van der Waals surface area contributed by atoms with Crippen molar-refractivity contribution in [3.8, 4) is 0 Å². The van der Waals surface area contributed by atoms with E-state index in [0.717, 1.165) is 32.5 Å². The van der Waals surface area contributed by atoms with E-state index in [1.807, 2.05) is 0 Å². The van der Waals surface area contributed by atoms with Crippen LogP contribution >= 0.6 is 11.6 Å². The van der Waals surface area contributed by atoms with Gasteiger partial charge in [0, 0.05) is 19.1 Å². The Balaban J connectivity index is 2.01. The number of piperidine rings is 1. The lowest BCUT2D eigenvalue weighted by Crippen LogP contribution is -2.47. The van der Waals surface area contributed by atoms with E-state index in [1.165, 1.54) is 0 Å². The molecule has 1 aliphatic rings. The van der Waals surface area contributed by atoms with E-state index in [9.17, 15) is 4.79 Å². The van der Waals surface area contributed by atoms with Gasteiger partial charge in [-0.15, -0.1) is 0 Å². The number of hydrogen-bond donors (Lipinski definition) is 4. The Kier molecular flexibility index (Phi) is 5.56. The van der Waals surface area contributed by atoms with E-state index < -0.39 is 5.91 Å². The predicted octanol–water partition coefficient (Wildman–Crippen LogP) is -0.177. The number of nitrogen functional groups attached to an aromatic ring is 2. The van der Waals surface area contributed by atoms with Crippen molar-refractivity contribution < 1.29 is 4.79 Å². The molecule has 0 bridgehead atoms. The van der Waals surface area contributed by atoms with Crippen molar-refractivity contribution in [1.82, 2.24) is 20.2 Å². The van der Waals surface area contributed by atoms with Crippen molar-refractivity contribution in [2.24, 2.45) is 10.7 Å². The smallest absolute Gasteiger partial charge is 0.302 e. The second kappa shape index (κ2) is 7.42. The first-order valence-electron chi connectivity index (χ1n) is 7.36. The van der Waals surface area contributed by atoms with E-state index >= 15 is 0 Å². The second-order valence-corrected chi connectivity index (χ2v) is 5.65. The number of nitrogens with two attached hydrogens (primary N) is 3. The molecule has 10 heteroatoms. The van der Waals surface area contributed by atoms with Crippen molar-refractivity contribution in [3.05, 3.63) is 10.8 Å². The highest BCUT2D eigenvalue weighted by Gasteiger charge is 2.20. The molecule has 2 heterocycles. The number of guanidine groups is 1. The minimum Gasteiger partial charge on any atom is -0.382 e. The molecular formula is C13H21ClN8O. The molecule has 1 amide bonds. The van der Waals surface area contributed by atoms with Crippen LogP contribution in [0.15, 0.2) is 4.99 Å². The molecule has 0 atom stereocenters. The first-order valence-corrected chi connectivity index (χ1v) is 7.74. The van der Waals surface area contributed by atoms with Gasteiger partial charge in [0.25, 0.3) is 0 Å². The molecule has 1 aromatic heterocycles. The van der Waals surface area contributed by atoms with Gasteiger partial charge < -0.3 is 27.4 Å². The summed E-state index contributed by atoms with van der Waals surface area (Å²) in [6.07, 6.45) is 1.88. The zero-order chi connectivity index (χ0) is 17.0.